The zero-order valence-corrected chi connectivity index (χ0v) is 10.3. The quantitative estimate of drug-likeness (QED) is 0.681. The molecule has 0 amide bonds. The molecule has 0 saturated carbocycles. The zero-order valence-electron chi connectivity index (χ0n) is 9.46. The van der Waals surface area contributed by atoms with Crippen molar-refractivity contribution in [2.75, 3.05) is 5.32 Å². The van der Waals surface area contributed by atoms with Crippen LogP contribution in [0.5, 0.6) is 0 Å². The van der Waals surface area contributed by atoms with Crippen LogP contribution in [0.4, 0.5) is 15.8 Å². The van der Waals surface area contributed by atoms with Crippen molar-refractivity contribution in [3.63, 3.8) is 0 Å². The predicted molar refractivity (Wildman–Crippen MR) is 67.2 cm³/mol. The summed E-state index contributed by atoms with van der Waals surface area (Å²) >= 11 is 1.43. The molecular weight excluding hydrogens is 257 g/mol. The van der Waals surface area contributed by atoms with Gasteiger partial charge in [0.1, 0.15) is 10.7 Å². The molecular formula is C11H10FN3O2S. The lowest BCUT2D eigenvalue weighted by Gasteiger charge is -2.12. The van der Waals surface area contributed by atoms with Crippen LogP contribution in [0.3, 0.4) is 0 Å². The van der Waals surface area contributed by atoms with Gasteiger partial charge >= 0.3 is 5.69 Å². The molecule has 0 aliphatic carbocycles. The molecule has 1 aromatic carbocycles. The molecule has 7 heteroatoms. The van der Waals surface area contributed by atoms with Crippen molar-refractivity contribution in [2.24, 2.45) is 0 Å². The lowest BCUT2D eigenvalue weighted by atomic mass is 10.2. The Bertz CT molecular complexity index is 559. The average Bonchev–Trinajstić information content (AvgIpc) is 2.81. The maximum atomic E-state index is 13.4. The van der Waals surface area contributed by atoms with E-state index in [0.29, 0.717) is 0 Å². The number of nitrogens with zero attached hydrogens (tertiary/aromatic N) is 2. The van der Waals surface area contributed by atoms with E-state index in [0.717, 1.165) is 11.1 Å². The Balaban J connectivity index is 2.29. The van der Waals surface area contributed by atoms with Crippen molar-refractivity contribution < 1.29 is 9.31 Å². The highest BCUT2D eigenvalue weighted by Crippen LogP contribution is 2.30. The summed E-state index contributed by atoms with van der Waals surface area (Å²) in [6.45, 7) is 1.81. The summed E-state index contributed by atoms with van der Waals surface area (Å²) < 4.78 is 13.4. The second-order valence-corrected chi connectivity index (χ2v) is 4.56. The van der Waals surface area contributed by atoms with Crippen LogP contribution in [-0.2, 0) is 0 Å². The minimum absolute atomic E-state index is 0.155. The topological polar surface area (TPSA) is 68.1 Å². The number of thiazole rings is 1. The Morgan fingerprint density at radius 1 is 1.56 bits per heavy atom. The number of nitrogens with one attached hydrogen (secondary N) is 1. The maximum Gasteiger partial charge on any atom is 0.327 e. The van der Waals surface area contributed by atoms with E-state index < -0.39 is 16.4 Å². The minimum atomic E-state index is -0.851. The lowest BCUT2D eigenvalue weighted by molar-refractivity contribution is -0.386. The normalized spacial score (nSPS) is 12.1. The molecule has 18 heavy (non-hydrogen) atoms. The van der Waals surface area contributed by atoms with Crippen molar-refractivity contribution in [1.82, 2.24) is 4.98 Å². The Labute approximate surface area is 106 Å². The molecule has 0 radical (unpaired) electrons. The molecule has 2 aromatic rings. The van der Waals surface area contributed by atoms with E-state index >= 15 is 0 Å². The molecule has 2 rings (SSSR count). The van der Waals surface area contributed by atoms with Gasteiger partial charge in [0.2, 0.25) is 5.82 Å². The van der Waals surface area contributed by atoms with Gasteiger partial charge in [-0.05, 0) is 19.1 Å². The van der Waals surface area contributed by atoms with Crippen LogP contribution in [0.1, 0.15) is 18.0 Å². The van der Waals surface area contributed by atoms with Gasteiger partial charge in [-0.3, -0.25) is 10.1 Å². The van der Waals surface area contributed by atoms with Gasteiger partial charge in [-0.1, -0.05) is 6.07 Å². The summed E-state index contributed by atoms with van der Waals surface area (Å²) in [6.07, 6.45) is 1.65. The number of benzene rings is 1. The standard InChI is InChI=1S/C11H10FN3O2S/c1-7(11-13-5-6-18-11)14-9-4-2-3-8(12)10(9)15(16)17/h2-7,14H,1H3. The molecule has 1 unspecified atom stereocenters. The van der Waals surface area contributed by atoms with Gasteiger partial charge in [0.05, 0.1) is 11.0 Å². The lowest BCUT2D eigenvalue weighted by Crippen LogP contribution is -2.08. The number of halogens is 1. The summed E-state index contributed by atoms with van der Waals surface area (Å²) in [5.41, 5.74) is -0.386. The summed E-state index contributed by atoms with van der Waals surface area (Å²) in [6, 6.07) is 3.76. The SMILES string of the molecule is CC(Nc1cccc(F)c1[N+](=O)[O-])c1nccs1. The Morgan fingerprint density at radius 3 is 2.94 bits per heavy atom. The van der Waals surface area contributed by atoms with Gasteiger partial charge in [0.15, 0.2) is 0 Å². The third-order valence-electron chi connectivity index (χ3n) is 2.36. The third-order valence-corrected chi connectivity index (χ3v) is 3.32. The molecule has 0 spiro atoms. The summed E-state index contributed by atoms with van der Waals surface area (Å²) in [4.78, 5) is 14.2. The van der Waals surface area contributed by atoms with Gasteiger partial charge in [-0.15, -0.1) is 11.3 Å². The van der Waals surface area contributed by atoms with Crippen LogP contribution >= 0.6 is 11.3 Å². The van der Waals surface area contributed by atoms with Gasteiger partial charge in [0.25, 0.3) is 0 Å². The molecule has 0 bridgehead atoms. The van der Waals surface area contributed by atoms with Gasteiger partial charge in [-0.25, -0.2) is 4.98 Å². The van der Waals surface area contributed by atoms with Crippen LogP contribution in [-0.4, -0.2) is 9.91 Å². The number of para-hydroxylation sites is 1. The number of rotatable bonds is 4. The number of nitro groups is 1. The Kier molecular flexibility index (Phi) is 3.52. The van der Waals surface area contributed by atoms with Crippen LogP contribution in [0.25, 0.3) is 0 Å². The monoisotopic (exact) mass is 267 g/mol. The first-order valence-corrected chi connectivity index (χ1v) is 6.06. The Hall–Kier alpha value is -2.02. The molecule has 94 valence electrons. The van der Waals surface area contributed by atoms with E-state index in [2.05, 4.69) is 10.3 Å². The fraction of sp³-hybridized carbons (Fsp3) is 0.182. The predicted octanol–water partition coefficient (Wildman–Crippen LogP) is 3.36. The molecule has 0 saturated heterocycles. The second-order valence-electron chi connectivity index (χ2n) is 3.63. The summed E-state index contributed by atoms with van der Waals surface area (Å²) in [5.74, 6) is -0.851. The van der Waals surface area contributed by atoms with Crippen molar-refractivity contribution in [2.45, 2.75) is 13.0 Å². The third kappa shape index (κ3) is 2.45. The summed E-state index contributed by atoms with van der Waals surface area (Å²) in [7, 11) is 0. The van der Waals surface area contributed by atoms with E-state index in [1.807, 2.05) is 12.3 Å². The van der Waals surface area contributed by atoms with Crippen molar-refractivity contribution in [1.29, 1.82) is 0 Å². The molecule has 5 nitrogen and oxygen atoms in total. The number of nitro benzene ring substituents is 1. The first kappa shape index (κ1) is 12.4. The first-order chi connectivity index (χ1) is 8.59. The second kappa shape index (κ2) is 5.09. The van der Waals surface area contributed by atoms with E-state index in [9.17, 15) is 14.5 Å². The smallest absolute Gasteiger partial charge is 0.327 e. The van der Waals surface area contributed by atoms with Crippen LogP contribution in [0.15, 0.2) is 29.8 Å². The fourth-order valence-corrected chi connectivity index (χ4v) is 2.21. The molecule has 0 aliphatic rings. The number of hydrogen-bond acceptors (Lipinski definition) is 5. The van der Waals surface area contributed by atoms with Crippen LogP contribution in [0.2, 0.25) is 0 Å². The maximum absolute atomic E-state index is 13.4. The molecule has 0 fully saturated rings. The first-order valence-electron chi connectivity index (χ1n) is 5.18. The van der Waals surface area contributed by atoms with Crippen LogP contribution < -0.4 is 5.32 Å². The number of hydrogen-bond donors (Lipinski definition) is 1. The van der Waals surface area contributed by atoms with E-state index in [1.165, 1.54) is 23.5 Å². The van der Waals surface area contributed by atoms with Crippen LogP contribution in [0, 0.1) is 15.9 Å². The highest BCUT2D eigenvalue weighted by atomic mass is 32.1. The molecule has 1 aromatic heterocycles. The van der Waals surface area contributed by atoms with E-state index in [-0.39, 0.29) is 11.7 Å². The van der Waals surface area contributed by atoms with Gasteiger partial charge in [-0.2, -0.15) is 4.39 Å². The largest absolute Gasteiger partial charge is 0.370 e. The molecule has 0 aliphatic heterocycles. The minimum Gasteiger partial charge on any atom is -0.370 e. The van der Waals surface area contributed by atoms with E-state index in [1.54, 1.807) is 6.20 Å². The van der Waals surface area contributed by atoms with Gasteiger partial charge < -0.3 is 5.32 Å². The molecule has 1 N–H and O–H groups in total. The summed E-state index contributed by atoms with van der Waals surface area (Å²) in [5, 5.41) is 16.3. The van der Waals surface area contributed by atoms with Crippen molar-refractivity contribution in [3.05, 3.63) is 50.7 Å². The average molecular weight is 267 g/mol. The number of aromatic nitrogens is 1. The van der Waals surface area contributed by atoms with Gasteiger partial charge in [0, 0.05) is 11.6 Å². The highest BCUT2D eigenvalue weighted by Gasteiger charge is 2.21. The number of anilines is 1. The Morgan fingerprint density at radius 2 is 2.33 bits per heavy atom. The van der Waals surface area contributed by atoms with E-state index in [4.69, 9.17) is 0 Å². The highest BCUT2D eigenvalue weighted by molar-refractivity contribution is 7.09. The van der Waals surface area contributed by atoms with Crippen molar-refractivity contribution in [3.8, 4) is 0 Å². The molecule has 1 atom stereocenters. The molecule has 1 heterocycles. The fourth-order valence-electron chi connectivity index (χ4n) is 1.56. The zero-order chi connectivity index (χ0) is 13.1. The van der Waals surface area contributed by atoms with Crippen molar-refractivity contribution >= 4 is 22.7 Å².